The molecule has 2 aromatic heterocycles. The molecule has 0 aliphatic heterocycles. The Morgan fingerprint density at radius 3 is 2.88 bits per heavy atom. The molecule has 26 heavy (non-hydrogen) atoms. The fourth-order valence-corrected chi connectivity index (χ4v) is 3.11. The first-order valence-corrected chi connectivity index (χ1v) is 8.52. The van der Waals surface area contributed by atoms with Crippen molar-refractivity contribution in [3.63, 3.8) is 0 Å². The molecule has 2 aromatic carbocycles. The predicted molar refractivity (Wildman–Crippen MR) is 103 cm³/mol. The average molecular weight is 345 g/mol. The number of nitrogens with one attached hydrogen (secondary N) is 1. The van der Waals surface area contributed by atoms with E-state index in [9.17, 15) is 4.79 Å². The van der Waals surface area contributed by atoms with Crippen LogP contribution >= 0.6 is 0 Å². The third-order valence-electron chi connectivity index (χ3n) is 4.49. The Kier molecular flexibility index (Phi) is 4.01. The average Bonchev–Trinajstić information content (AvgIpc) is 3.08. The minimum absolute atomic E-state index is 0.0928. The van der Waals surface area contributed by atoms with Crippen LogP contribution in [0.25, 0.3) is 21.8 Å². The molecule has 0 saturated heterocycles. The zero-order valence-corrected chi connectivity index (χ0v) is 14.4. The molecule has 0 bridgehead atoms. The Morgan fingerprint density at radius 2 is 2.04 bits per heavy atom. The van der Waals surface area contributed by atoms with Crippen molar-refractivity contribution in [2.24, 2.45) is 0 Å². The zero-order chi connectivity index (χ0) is 18.1. The Bertz CT molecular complexity index is 1120. The van der Waals surface area contributed by atoms with E-state index in [4.69, 9.17) is 5.73 Å². The van der Waals surface area contributed by atoms with Crippen LogP contribution in [0.1, 0.15) is 22.8 Å². The van der Waals surface area contributed by atoms with Crippen molar-refractivity contribution in [2.75, 3.05) is 5.73 Å². The minimum Gasteiger partial charge on any atom is -0.368 e. The SMILES string of the molecule is CCn1ccc2cc(C(=O)NCc3ccc4nc(N)ncc4c3)ccc21. The highest BCUT2D eigenvalue weighted by molar-refractivity contribution is 5.98. The first-order valence-electron chi connectivity index (χ1n) is 8.52. The largest absolute Gasteiger partial charge is 0.368 e. The molecular formula is C20H19N5O. The van der Waals surface area contributed by atoms with E-state index in [2.05, 4.69) is 26.8 Å². The summed E-state index contributed by atoms with van der Waals surface area (Å²) >= 11 is 0. The van der Waals surface area contributed by atoms with Crippen molar-refractivity contribution in [3.05, 3.63) is 66.0 Å². The van der Waals surface area contributed by atoms with Gasteiger partial charge >= 0.3 is 0 Å². The smallest absolute Gasteiger partial charge is 0.251 e. The molecule has 4 aromatic rings. The number of nitrogens with zero attached hydrogens (tertiary/aromatic N) is 3. The van der Waals surface area contributed by atoms with Gasteiger partial charge in [-0.05, 0) is 48.9 Å². The monoisotopic (exact) mass is 345 g/mol. The number of benzene rings is 2. The van der Waals surface area contributed by atoms with E-state index in [0.29, 0.717) is 12.1 Å². The molecule has 0 fully saturated rings. The molecule has 0 aliphatic rings. The fraction of sp³-hybridized carbons (Fsp3) is 0.150. The van der Waals surface area contributed by atoms with Crippen LogP contribution in [-0.4, -0.2) is 20.4 Å². The van der Waals surface area contributed by atoms with E-state index in [0.717, 1.165) is 33.9 Å². The van der Waals surface area contributed by atoms with E-state index in [1.807, 2.05) is 48.7 Å². The van der Waals surface area contributed by atoms with Gasteiger partial charge in [0.1, 0.15) is 0 Å². The lowest BCUT2D eigenvalue weighted by atomic mass is 10.1. The van der Waals surface area contributed by atoms with E-state index in [-0.39, 0.29) is 11.9 Å². The normalized spacial score (nSPS) is 11.1. The van der Waals surface area contributed by atoms with E-state index >= 15 is 0 Å². The number of anilines is 1. The lowest BCUT2D eigenvalue weighted by Gasteiger charge is -2.07. The number of aryl methyl sites for hydroxylation is 1. The molecule has 4 rings (SSSR count). The fourth-order valence-electron chi connectivity index (χ4n) is 3.11. The number of rotatable bonds is 4. The summed E-state index contributed by atoms with van der Waals surface area (Å²) in [7, 11) is 0. The van der Waals surface area contributed by atoms with Gasteiger partial charge in [-0.25, -0.2) is 9.97 Å². The molecule has 0 radical (unpaired) electrons. The second-order valence-electron chi connectivity index (χ2n) is 6.18. The summed E-state index contributed by atoms with van der Waals surface area (Å²) in [6, 6.07) is 13.6. The van der Waals surface area contributed by atoms with Crippen LogP contribution in [0.5, 0.6) is 0 Å². The highest BCUT2D eigenvalue weighted by atomic mass is 16.1. The van der Waals surface area contributed by atoms with Gasteiger partial charge in [0.15, 0.2) is 0 Å². The van der Waals surface area contributed by atoms with Crippen LogP contribution in [0.4, 0.5) is 5.95 Å². The molecule has 130 valence electrons. The number of hydrogen-bond donors (Lipinski definition) is 2. The van der Waals surface area contributed by atoms with Crippen LogP contribution in [-0.2, 0) is 13.1 Å². The van der Waals surface area contributed by atoms with Crippen molar-refractivity contribution in [3.8, 4) is 0 Å². The van der Waals surface area contributed by atoms with Gasteiger partial charge in [0, 0.05) is 47.3 Å². The van der Waals surface area contributed by atoms with Crippen LogP contribution in [0.15, 0.2) is 54.9 Å². The molecule has 2 heterocycles. The van der Waals surface area contributed by atoms with Gasteiger partial charge in [-0.15, -0.1) is 0 Å². The Labute approximate surface area is 150 Å². The maximum absolute atomic E-state index is 12.5. The summed E-state index contributed by atoms with van der Waals surface area (Å²) in [4.78, 5) is 20.7. The molecule has 6 nitrogen and oxygen atoms in total. The van der Waals surface area contributed by atoms with Crippen LogP contribution in [0.3, 0.4) is 0 Å². The molecule has 0 spiro atoms. The van der Waals surface area contributed by atoms with Crippen molar-refractivity contribution < 1.29 is 4.79 Å². The summed E-state index contributed by atoms with van der Waals surface area (Å²) in [6.45, 7) is 3.45. The van der Waals surface area contributed by atoms with Gasteiger partial charge in [-0.3, -0.25) is 4.79 Å². The van der Waals surface area contributed by atoms with Crippen molar-refractivity contribution in [2.45, 2.75) is 20.0 Å². The first-order chi connectivity index (χ1) is 12.6. The predicted octanol–water partition coefficient (Wildman–Crippen LogP) is 3.12. The number of hydrogen-bond acceptors (Lipinski definition) is 4. The molecular weight excluding hydrogens is 326 g/mol. The summed E-state index contributed by atoms with van der Waals surface area (Å²) in [5.41, 5.74) is 9.16. The van der Waals surface area contributed by atoms with Crippen molar-refractivity contribution in [1.82, 2.24) is 19.9 Å². The molecule has 6 heteroatoms. The molecule has 0 unspecified atom stereocenters. The van der Waals surface area contributed by atoms with Gasteiger partial charge in [0.25, 0.3) is 5.91 Å². The molecule has 1 amide bonds. The summed E-state index contributed by atoms with van der Waals surface area (Å²) in [5.74, 6) is 0.163. The number of fused-ring (bicyclic) bond motifs is 2. The Hall–Kier alpha value is -3.41. The third-order valence-corrected chi connectivity index (χ3v) is 4.49. The molecule has 3 N–H and O–H groups in total. The second kappa shape index (κ2) is 6.48. The van der Waals surface area contributed by atoms with Gasteiger partial charge in [-0.2, -0.15) is 0 Å². The lowest BCUT2D eigenvalue weighted by Crippen LogP contribution is -2.22. The zero-order valence-electron chi connectivity index (χ0n) is 14.4. The Balaban J connectivity index is 1.50. The van der Waals surface area contributed by atoms with E-state index < -0.39 is 0 Å². The highest BCUT2D eigenvalue weighted by Gasteiger charge is 2.08. The van der Waals surface area contributed by atoms with Crippen molar-refractivity contribution in [1.29, 1.82) is 0 Å². The number of nitrogens with two attached hydrogens (primary N) is 1. The van der Waals surface area contributed by atoms with Gasteiger partial charge in [0.2, 0.25) is 5.95 Å². The van der Waals surface area contributed by atoms with E-state index in [1.54, 1.807) is 6.20 Å². The topological polar surface area (TPSA) is 85.8 Å². The number of carbonyl (C=O) groups is 1. The number of carbonyl (C=O) groups excluding carboxylic acids is 1. The van der Waals surface area contributed by atoms with Gasteiger partial charge in [-0.1, -0.05) is 6.07 Å². The number of aromatic nitrogens is 3. The third kappa shape index (κ3) is 2.97. The van der Waals surface area contributed by atoms with Gasteiger partial charge in [0.05, 0.1) is 5.52 Å². The lowest BCUT2D eigenvalue weighted by molar-refractivity contribution is 0.0951. The highest BCUT2D eigenvalue weighted by Crippen LogP contribution is 2.18. The Morgan fingerprint density at radius 1 is 1.15 bits per heavy atom. The van der Waals surface area contributed by atoms with Crippen LogP contribution in [0, 0.1) is 0 Å². The molecule has 0 atom stereocenters. The number of nitrogen functional groups attached to an aromatic ring is 1. The maximum Gasteiger partial charge on any atom is 0.251 e. The first kappa shape index (κ1) is 16.1. The molecule has 0 saturated carbocycles. The minimum atomic E-state index is -0.0928. The van der Waals surface area contributed by atoms with Gasteiger partial charge < -0.3 is 15.6 Å². The maximum atomic E-state index is 12.5. The quantitative estimate of drug-likeness (QED) is 0.595. The van der Waals surface area contributed by atoms with Crippen LogP contribution < -0.4 is 11.1 Å². The molecule has 0 aliphatic carbocycles. The van der Waals surface area contributed by atoms with Crippen molar-refractivity contribution >= 4 is 33.7 Å². The standard InChI is InChI=1S/C20H19N5O/c1-2-25-8-7-14-10-15(4-6-18(14)25)19(26)22-11-13-3-5-17-16(9-13)12-23-20(21)24-17/h3-10,12H,2,11H2,1H3,(H,22,26)(H2,21,23,24). The number of amides is 1. The van der Waals surface area contributed by atoms with E-state index in [1.165, 1.54) is 0 Å². The van der Waals surface area contributed by atoms with Crippen LogP contribution in [0.2, 0.25) is 0 Å². The summed E-state index contributed by atoms with van der Waals surface area (Å²) in [5, 5.41) is 4.93. The summed E-state index contributed by atoms with van der Waals surface area (Å²) in [6.07, 6.45) is 3.73. The summed E-state index contributed by atoms with van der Waals surface area (Å²) < 4.78 is 2.15. The second-order valence-corrected chi connectivity index (χ2v) is 6.18.